The second-order valence-electron chi connectivity index (χ2n) is 3.42. The molecule has 0 spiro atoms. The molecule has 4 N–H and O–H groups in total. The Hall–Kier alpha value is -2.97. The lowest BCUT2D eigenvalue weighted by Gasteiger charge is -2.07. The molecule has 1 aromatic heterocycles. The van der Waals surface area contributed by atoms with Gasteiger partial charge in [0.2, 0.25) is 11.5 Å². The summed E-state index contributed by atoms with van der Waals surface area (Å²) in [5.41, 5.74) is 4.10. The molecule has 0 aliphatic carbocycles. The minimum absolute atomic E-state index is 0.222. The lowest BCUT2D eigenvalue weighted by Crippen LogP contribution is -2.17. The molecule has 98 valence electrons. The highest BCUT2D eigenvalue weighted by atomic mass is 19.1. The van der Waals surface area contributed by atoms with Gasteiger partial charge >= 0.3 is 5.97 Å². The first-order valence-electron chi connectivity index (χ1n) is 4.92. The fourth-order valence-electron chi connectivity index (χ4n) is 1.38. The van der Waals surface area contributed by atoms with Gasteiger partial charge in [0.15, 0.2) is 0 Å². The Morgan fingerprint density at radius 2 is 2.11 bits per heavy atom. The van der Waals surface area contributed by atoms with Crippen LogP contribution in [-0.2, 0) is 0 Å². The van der Waals surface area contributed by atoms with E-state index < -0.39 is 23.3 Å². The van der Waals surface area contributed by atoms with Gasteiger partial charge in [0, 0.05) is 0 Å². The zero-order valence-corrected chi connectivity index (χ0v) is 9.25. The van der Waals surface area contributed by atoms with Gasteiger partial charge in [-0.15, -0.1) is 0 Å². The Balaban J connectivity index is 2.35. The highest BCUT2D eigenvalue weighted by molar-refractivity contribution is 6.08. The number of nitrogens with one attached hydrogen (secondary N) is 1. The molecule has 0 fully saturated rings. The number of benzene rings is 1. The number of aromatic carboxylic acids is 1. The van der Waals surface area contributed by atoms with Crippen molar-refractivity contribution >= 4 is 23.4 Å². The predicted octanol–water partition coefficient (Wildman–Crippen LogP) is 0.741. The van der Waals surface area contributed by atoms with Gasteiger partial charge in [-0.05, 0) is 22.4 Å². The van der Waals surface area contributed by atoms with Gasteiger partial charge in [0.05, 0.1) is 5.69 Å². The van der Waals surface area contributed by atoms with Crippen LogP contribution in [0.15, 0.2) is 22.8 Å². The van der Waals surface area contributed by atoms with E-state index in [1.165, 1.54) is 12.1 Å². The summed E-state index contributed by atoms with van der Waals surface area (Å²) in [4.78, 5) is 22.6. The summed E-state index contributed by atoms with van der Waals surface area (Å²) in [5, 5.41) is 17.5. The zero-order valence-electron chi connectivity index (χ0n) is 9.25. The Morgan fingerprint density at radius 1 is 1.37 bits per heavy atom. The van der Waals surface area contributed by atoms with Crippen molar-refractivity contribution in [2.75, 3.05) is 11.1 Å². The number of nitrogen functional groups attached to an aromatic ring is 1. The molecule has 1 aromatic carbocycles. The Kier molecular flexibility index (Phi) is 3.10. The van der Waals surface area contributed by atoms with E-state index in [4.69, 9.17) is 10.8 Å². The van der Waals surface area contributed by atoms with Crippen LogP contribution in [-0.4, -0.2) is 27.3 Å². The number of hydrogen-bond acceptors (Lipinski definition) is 6. The van der Waals surface area contributed by atoms with Gasteiger partial charge < -0.3 is 16.2 Å². The predicted molar refractivity (Wildman–Crippen MR) is 60.0 cm³/mol. The van der Waals surface area contributed by atoms with Crippen LogP contribution < -0.4 is 11.1 Å². The highest BCUT2D eigenvalue weighted by Gasteiger charge is 2.21. The molecule has 1 amide bonds. The average Bonchev–Trinajstić information content (AvgIpc) is 2.75. The van der Waals surface area contributed by atoms with Crippen molar-refractivity contribution in [2.24, 2.45) is 0 Å². The molecule has 0 atom stereocenters. The van der Waals surface area contributed by atoms with Crippen LogP contribution in [0.4, 0.5) is 15.9 Å². The molecular weight excluding hydrogens is 259 g/mol. The monoisotopic (exact) mass is 266 g/mol. The summed E-state index contributed by atoms with van der Waals surface area (Å²) in [7, 11) is 0. The largest absolute Gasteiger partial charge is 0.478 e. The van der Waals surface area contributed by atoms with E-state index in [0.29, 0.717) is 0 Å². The summed E-state index contributed by atoms with van der Waals surface area (Å²) in [6.07, 6.45) is 0. The lowest BCUT2D eigenvalue weighted by molar-refractivity contribution is 0.0693. The number of hydrogen-bond donors (Lipinski definition) is 3. The van der Waals surface area contributed by atoms with Crippen molar-refractivity contribution in [1.82, 2.24) is 10.3 Å². The van der Waals surface area contributed by atoms with Crippen LogP contribution in [0.2, 0.25) is 0 Å². The van der Waals surface area contributed by atoms with Gasteiger partial charge in [-0.3, -0.25) is 4.79 Å². The average molecular weight is 266 g/mol. The van der Waals surface area contributed by atoms with E-state index >= 15 is 0 Å². The van der Waals surface area contributed by atoms with Crippen LogP contribution >= 0.6 is 0 Å². The molecule has 8 nitrogen and oxygen atoms in total. The molecule has 1 heterocycles. The van der Waals surface area contributed by atoms with Crippen molar-refractivity contribution in [3.63, 3.8) is 0 Å². The number of carbonyl (C=O) groups is 2. The molecular formula is C10H7FN4O4. The maximum absolute atomic E-state index is 13.4. The van der Waals surface area contributed by atoms with Crippen LogP contribution in [0, 0.1) is 5.82 Å². The van der Waals surface area contributed by atoms with E-state index in [9.17, 15) is 14.0 Å². The number of carboxylic acid groups (broad SMARTS) is 1. The fraction of sp³-hybridized carbons (Fsp3) is 0. The second-order valence-corrected chi connectivity index (χ2v) is 3.42. The number of nitrogens with two attached hydrogens (primary N) is 1. The smallest absolute Gasteiger partial charge is 0.340 e. The van der Waals surface area contributed by atoms with Crippen LogP contribution in [0.5, 0.6) is 0 Å². The molecule has 2 rings (SSSR count). The van der Waals surface area contributed by atoms with Crippen molar-refractivity contribution < 1.29 is 23.7 Å². The standard InChI is InChI=1S/C10H7FN4O4/c11-4-2-1-3-5(6(4)10(17)18)13-9(16)7-8(12)15-19-14-7/h1-3H,(H2,12,15)(H,13,16)(H,17,18). The maximum atomic E-state index is 13.4. The summed E-state index contributed by atoms with van der Waals surface area (Å²) in [6.45, 7) is 0. The number of anilines is 2. The number of halogens is 1. The van der Waals surface area contributed by atoms with E-state index in [-0.39, 0.29) is 17.2 Å². The third kappa shape index (κ3) is 2.34. The van der Waals surface area contributed by atoms with Crippen LogP contribution in [0.3, 0.4) is 0 Å². The molecule has 0 aliphatic heterocycles. The Labute approximate surface area is 105 Å². The first kappa shape index (κ1) is 12.5. The molecule has 0 bridgehead atoms. The van der Waals surface area contributed by atoms with E-state index in [1.54, 1.807) is 0 Å². The first-order chi connectivity index (χ1) is 9.00. The van der Waals surface area contributed by atoms with Gasteiger partial charge in [-0.1, -0.05) is 6.07 Å². The van der Waals surface area contributed by atoms with E-state index in [1.807, 2.05) is 0 Å². The molecule has 0 aliphatic rings. The molecule has 2 aromatic rings. The minimum atomic E-state index is -1.51. The third-order valence-corrected chi connectivity index (χ3v) is 2.20. The molecule has 0 saturated heterocycles. The van der Waals surface area contributed by atoms with Crippen molar-refractivity contribution in [2.45, 2.75) is 0 Å². The third-order valence-electron chi connectivity index (χ3n) is 2.20. The van der Waals surface area contributed by atoms with E-state index in [2.05, 4.69) is 20.3 Å². The lowest BCUT2D eigenvalue weighted by atomic mass is 10.1. The molecule has 9 heteroatoms. The Bertz CT molecular complexity index is 655. The summed E-state index contributed by atoms with van der Waals surface area (Å²) < 4.78 is 17.6. The molecule has 19 heavy (non-hydrogen) atoms. The quantitative estimate of drug-likeness (QED) is 0.746. The van der Waals surface area contributed by atoms with Crippen molar-refractivity contribution in [3.05, 3.63) is 35.3 Å². The van der Waals surface area contributed by atoms with Gasteiger partial charge in [0.25, 0.3) is 5.91 Å². The number of carboxylic acids is 1. The zero-order chi connectivity index (χ0) is 14.0. The number of rotatable bonds is 3. The minimum Gasteiger partial charge on any atom is -0.478 e. The van der Waals surface area contributed by atoms with Crippen LogP contribution in [0.1, 0.15) is 20.8 Å². The highest BCUT2D eigenvalue weighted by Crippen LogP contribution is 2.20. The molecule has 0 unspecified atom stereocenters. The summed E-state index contributed by atoms with van der Waals surface area (Å²) in [6, 6.07) is 3.45. The first-order valence-corrected chi connectivity index (χ1v) is 4.92. The van der Waals surface area contributed by atoms with Gasteiger partial charge in [-0.25, -0.2) is 13.8 Å². The fourth-order valence-corrected chi connectivity index (χ4v) is 1.38. The second kappa shape index (κ2) is 4.72. The van der Waals surface area contributed by atoms with Crippen molar-refractivity contribution in [1.29, 1.82) is 0 Å². The van der Waals surface area contributed by atoms with Crippen molar-refractivity contribution in [3.8, 4) is 0 Å². The Morgan fingerprint density at radius 3 is 2.68 bits per heavy atom. The molecule has 0 radical (unpaired) electrons. The van der Waals surface area contributed by atoms with Gasteiger partial charge in [-0.2, -0.15) is 0 Å². The van der Waals surface area contributed by atoms with Gasteiger partial charge in [0.1, 0.15) is 11.4 Å². The van der Waals surface area contributed by atoms with E-state index in [0.717, 1.165) is 6.07 Å². The topological polar surface area (TPSA) is 131 Å². The molecule has 0 saturated carbocycles. The number of carbonyl (C=O) groups excluding carboxylic acids is 1. The summed E-state index contributed by atoms with van der Waals surface area (Å²) >= 11 is 0. The summed E-state index contributed by atoms with van der Waals surface area (Å²) in [5.74, 6) is -3.60. The normalized spacial score (nSPS) is 10.2. The number of nitrogens with zero attached hydrogens (tertiary/aromatic N) is 2. The maximum Gasteiger partial charge on any atom is 0.340 e. The SMILES string of the molecule is Nc1nonc1C(=O)Nc1cccc(F)c1C(=O)O. The van der Waals surface area contributed by atoms with Crippen LogP contribution in [0.25, 0.3) is 0 Å². The number of amides is 1. The number of aromatic nitrogens is 2.